The van der Waals surface area contributed by atoms with Crippen LogP contribution < -0.4 is 5.32 Å². The highest BCUT2D eigenvalue weighted by Crippen LogP contribution is 2.35. The molecular formula is C14H28N2O2. The molecule has 4 heteroatoms. The van der Waals surface area contributed by atoms with E-state index >= 15 is 0 Å². The molecule has 0 aromatic rings. The molecule has 0 aromatic heterocycles. The lowest BCUT2D eigenvalue weighted by molar-refractivity contribution is -0.147. The first-order chi connectivity index (χ1) is 8.61. The first-order valence-electron chi connectivity index (χ1n) is 7.12. The van der Waals surface area contributed by atoms with Crippen molar-refractivity contribution in [2.45, 2.75) is 46.1 Å². The third kappa shape index (κ3) is 3.23. The molecular weight excluding hydrogens is 228 g/mol. The number of methoxy groups -OCH3 is 1. The summed E-state index contributed by atoms with van der Waals surface area (Å²) < 4.78 is 5.18. The fraction of sp³-hybridized carbons (Fsp3) is 0.929. The lowest BCUT2D eigenvalue weighted by atomic mass is 9.75. The Kier molecular flexibility index (Phi) is 6.09. The Morgan fingerprint density at radius 2 is 2.00 bits per heavy atom. The van der Waals surface area contributed by atoms with Crippen molar-refractivity contribution in [3.8, 4) is 0 Å². The lowest BCUT2D eigenvalue weighted by Crippen LogP contribution is -2.52. The van der Waals surface area contributed by atoms with E-state index in [1.165, 1.54) is 0 Å². The van der Waals surface area contributed by atoms with E-state index in [0.717, 1.165) is 38.9 Å². The Morgan fingerprint density at radius 3 is 2.44 bits per heavy atom. The van der Waals surface area contributed by atoms with Gasteiger partial charge in [0.2, 0.25) is 5.91 Å². The van der Waals surface area contributed by atoms with Crippen molar-refractivity contribution < 1.29 is 9.53 Å². The van der Waals surface area contributed by atoms with Gasteiger partial charge in [-0.15, -0.1) is 0 Å². The number of nitrogens with zero attached hydrogens (tertiary/aromatic N) is 1. The van der Waals surface area contributed by atoms with Gasteiger partial charge < -0.3 is 15.0 Å². The first-order valence-corrected chi connectivity index (χ1v) is 7.12. The van der Waals surface area contributed by atoms with Crippen LogP contribution in [0, 0.1) is 5.41 Å². The van der Waals surface area contributed by atoms with Crippen LogP contribution in [0.5, 0.6) is 0 Å². The quantitative estimate of drug-likeness (QED) is 0.785. The molecule has 0 aliphatic carbocycles. The molecule has 1 aliphatic rings. The van der Waals surface area contributed by atoms with Crippen LogP contribution in [-0.4, -0.2) is 50.2 Å². The standard InChI is InChI=1S/C14H28N2O2/c1-5-14(7-9-15-10-8-14)13(17)16(6-2)12(3)11-18-4/h12,15H,5-11H2,1-4H3. The molecule has 0 bridgehead atoms. The number of likely N-dealkylation sites (N-methyl/N-ethyl adjacent to an activating group) is 1. The summed E-state index contributed by atoms with van der Waals surface area (Å²) in [6.45, 7) is 9.53. The topological polar surface area (TPSA) is 41.6 Å². The lowest BCUT2D eigenvalue weighted by Gasteiger charge is -2.41. The molecule has 1 rings (SSSR count). The Hall–Kier alpha value is -0.610. The molecule has 18 heavy (non-hydrogen) atoms. The maximum Gasteiger partial charge on any atom is 0.229 e. The summed E-state index contributed by atoms with van der Waals surface area (Å²) in [5.74, 6) is 0.318. The monoisotopic (exact) mass is 256 g/mol. The third-order valence-electron chi connectivity index (χ3n) is 4.23. The zero-order valence-corrected chi connectivity index (χ0v) is 12.3. The normalized spacial score (nSPS) is 20.4. The van der Waals surface area contributed by atoms with Crippen molar-refractivity contribution in [3.05, 3.63) is 0 Å². The number of carbonyl (C=O) groups is 1. The SMILES string of the molecule is CCN(C(=O)C1(CC)CCNCC1)C(C)COC. The van der Waals surface area contributed by atoms with Crippen molar-refractivity contribution in [2.75, 3.05) is 33.4 Å². The predicted octanol–water partition coefficient (Wildman–Crippen LogP) is 1.65. The van der Waals surface area contributed by atoms with Gasteiger partial charge >= 0.3 is 0 Å². The molecule has 0 saturated carbocycles. The van der Waals surface area contributed by atoms with Gasteiger partial charge in [-0.2, -0.15) is 0 Å². The number of amides is 1. The number of nitrogens with one attached hydrogen (secondary N) is 1. The van der Waals surface area contributed by atoms with Gasteiger partial charge in [0.1, 0.15) is 0 Å². The molecule has 1 heterocycles. The maximum absolute atomic E-state index is 12.8. The highest BCUT2D eigenvalue weighted by molar-refractivity contribution is 5.83. The Balaban J connectivity index is 2.80. The molecule has 106 valence electrons. The summed E-state index contributed by atoms with van der Waals surface area (Å²) in [6, 6.07) is 0.158. The molecule has 1 unspecified atom stereocenters. The van der Waals surface area contributed by atoms with Crippen LogP contribution in [0.1, 0.15) is 40.0 Å². The minimum atomic E-state index is -0.150. The highest BCUT2D eigenvalue weighted by atomic mass is 16.5. The van der Waals surface area contributed by atoms with Gasteiger partial charge in [-0.1, -0.05) is 6.92 Å². The highest BCUT2D eigenvalue weighted by Gasteiger charge is 2.41. The van der Waals surface area contributed by atoms with E-state index in [2.05, 4.69) is 26.1 Å². The van der Waals surface area contributed by atoms with E-state index in [1.807, 2.05) is 4.90 Å². The second-order valence-corrected chi connectivity index (χ2v) is 5.28. The van der Waals surface area contributed by atoms with Crippen molar-refractivity contribution in [1.29, 1.82) is 0 Å². The second kappa shape index (κ2) is 7.10. The number of piperidine rings is 1. The van der Waals surface area contributed by atoms with Gasteiger partial charge in [-0.3, -0.25) is 4.79 Å². The summed E-state index contributed by atoms with van der Waals surface area (Å²) in [7, 11) is 1.69. The van der Waals surface area contributed by atoms with Gasteiger partial charge in [-0.05, 0) is 46.2 Å². The first kappa shape index (κ1) is 15.4. The van der Waals surface area contributed by atoms with Gasteiger partial charge in [-0.25, -0.2) is 0 Å². The van der Waals surface area contributed by atoms with E-state index in [-0.39, 0.29) is 11.5 Å². The Morgan fingerprint density at radius 1 is 1.39 bits per heavy atom. The molecule has 0 spiro atoms. The van der Waals surface area contributed by atoms with Crippen LogP contribution in [0.4, 0.5) is 0 Å². The van der Waals surface area contributed by atoms with E-state index < -0.39 is 0 Å². The number of ether oxygens (including phenoxy) is 1. The Labute approximate surface area is 111 Å². The molecule has 1 fully saturated rings. The van der Waals surface area contributed by atoms with E-state index in [4.69, 9.17) is 4.74 Å². The minimum Gasteiger partial charge on any atom is -0.383 e. The number of hydrogen-bond acceptors (Lipinski definition) is 3. The van der Waals surface area contributed by atoms with E-state index in [0.29, 0.717) is 12.5 Å². The molecule has 1 amide bonds. The Bertz CT molecular complexity index is 263. The van der Waals surface area contributed by atoms with Gasteiger partial charge in [0.05, 0.1) is 18.1 Å². The number of hydrogen-bond donors (Lipinski definition) is 1. The van der Waals surface area contributed by atoms with Crippen molar-refractivity contribution in [2.24, 2.45) is 5.41 Å². The summed E-state index contributed by atoms with van der Waals surface area (Å²) >= 11 is 0. The van der Waals surface area contributed by atoms with Gasteiger partial charge in [0, 0.05) is 13.7 Å². The van der Waals surface area contributed by atoms with Crippen molar-refractivity contribution in [3.63, 3.8) is 0 Å². The fourth-order valence-corrected chi connectivity index (χ4v) is 2.92. The van der Waals surface area contributed by atoms with Gasteiger partial charge in [0.15, 0.2) is 0 Å². The number of rotatable bonds is 6. The zero-order chi connectivity index (χ0) is 13.6. The molecule has 0 aromatic carbocycles. The second-order valence-electron chi connectivity index (χ2n) is 5.28. The molecule has 1 N–H and O–H groups in total. The molecule has 1 aliphatic heterocycles. The molecule has 1 atom stereocenters. The zero-order valence-electron chi connectivity index (χ0n) is 12.3. The van der Waals surface area contributed by atoms with Crippen LogP contribution >= 0.6 is 0 Å². The minimum absolute atomic E-state index is 0.150. The van der Waals surface area contributed by atoms with Crippen LogP contribution in [0.15, 0.2) is 0 Å². The van der Waals surface area contributed by atoms with Crippen LogP contribution in [-0.2, 0) is 9.53 Å². The summed E-state index contributed by atoms with van der Waals surface area (Å²) in [6.07, 6.45) is 2.85. The third-order valence-corrected chi connectivity index (χ3v) is 4.23. The predicted molar refractivity (Wildman–Crippen MR) is 73.6 cm³/mol. The van der Waals surface area contributed by atoms with E-state index in [1.54, 1.807) is 7.11 Å². The molecule has 1 saturated heterocycles. The average molecular weight is 256 g/mol. The summed E-state index contributed by atoms with van der Waals surface area (Å²) in [5.41, 5.74) is -0.150. The largest absolute Gasteiger partial charge is 0.383 e. The van der Waals surface area contributed by atoms with Crippen molar-refractivity contribution in [1.82, 2.24) is 10.2 Å². The van der Waals surface area contributed by atoms with Crippen LogP contribution in [0.25, 0.3) is 0 Å². The molecule has 0 radical (unpaired) electrons. The summed E-state index contributed by atoms with van der Waals surface area (Å²) in [5, 5.41) is 3.34. The number of carbonyl (C=O) groups excluding carboxylic acids is 1. The van der Waals surface area contributed by atoms with Crippen LogP contribution in [0.3, 0.4) is 0 Å². The average Bonchev–Trinajstić information content (AvgIpc) is 2.40. The van der Waals surface area contributed by atoms with Crippen LogP contribution in [0.2, 0.25) is 0 Å². The van der Waals surface area contributed by atoms with E-state index in [9.17, 15) is 4.79 Å². The molecule has 4 nitrogen and oxygen atoms in total. The smallest absolute Gasteiger partial charge is 0.229 e. The van der Waals surface area contributed by atoms with Gasteiger partial charge in [0.25, 0.3) is 0 Å². The van der Waals surface area contributed by atoms with Crippen molar-refractivity contribution >= 4 is 5.91 Å². The maximum atomic E-state index is 12.8. The fourth-order valence-electron chi connectivity index (χ4n) is 2.92. The summed E-state index contributed by atoms with van der Waals surface area (Å²) in [4.78, 5) is 14.8.